The van der Waals surface area contributed by atoms with Crippen molar-refractivity contribution in [3.8, 4) is 16.8 Å². The van der Waals surface area contributed by atoms with Gasteiger partial charge >= 0.3 is 0 Å². The fraction of sp³-hybridized carbons (Fsp3) is 0.0333. The number of nitrogens with zero attached hydrogens (tertiary/aromatic N) is 4. The van der Waals surface area contributed by atoms with Gasteiger partial charge in [0.25, 0.3) is 6.71 Å². The van der Waals surface area contributed by atoms with Crippen LogP contribution in [0.4, 0.5) is 0 Å². The highest BCUT2D eigenvalue weighted by molar-refractivity contribution is 7.00. The molecule has 13 aromatic rings. The second kappa shape index (κ2) is 11.2. The summed E-state index contributed by atoms with van der Waals surface area (Å²) < 4.78 is 10.9. The molecule has 9 aromatic carbocycles. The molecule has 0 fully saturated rings. The van der Waals surface area contributed by atoms with E-state index in [0.29, 0.717) is 0 Å². The van der Waals surface area contributed by atoms with Crippen molar-refractivity contribution >= 4 is 134 Å². The largest absolute Gasteiger partial charge is 0.334 e. The molecule has 4 aromatic heterocycles. The number of rotatable bonds is 2. The Kier molecular flexibility index (Phi) is 5.64. The number of allylic oxidation sites excluding steroid dienone is 4. The van der Waals surface area contributed by atoms with Gasteiger partial charge in [-0.1, -0.05) is 158 Å². The van der Waals surface area contributed by atoms with Crippen LogP contribution in [-0.4, -0.2) is 31.7 Å². The summed E-state index contributed by atoms with van der Waals surface area (Å²) in [7, 11) is 0. The maximum absolute atomic E-state index is 2.80. The van der Waals surface area contributed by atoms with Crippen LogP contribution in [-0.2, 0) is 0 Å². The molecular weight excluding hydrogens is 798 g/mol. The molecule has 1 aliphatic carbocycles. The molecule has 8 heterocycles. The molecule has 4 aliphatic heterocycles. The quantitative estimate of drug-likeness (QED) is 0.155. The Morgan fingerprint density at radius 3 is 1.74 bits per heavy atom. The van der Waals surface area contributed by atoms with Crippen molar-refractivity contribution in [2.24, 2.45) is 0 Å². The van der Waals surface area contributed by atoms with Gasteiger partial charge in [-0.2, -0.15) is 0 Å². The van der Waals surface area contributed by atoms with Crippen LogP contribution in [0.25, 0.3) is 115 Å². The van der Waals surface area contributed by atoms with E-state index in [1.165, 1.54) is 143 Å². The van der Waals surface area contributed by atoms with Crippen LogP contribution in [0, 0.1) is 0 Å². The van der Waals surface area contributed by atoms with Gasteiger partial charge < -0.3 is 18.3 Å². The minimum absolute atomic E-state index is 0.0667. The van der Waals surface area contributed by atoms with Gasteiger partial charge in [-0.05, 0) is 74.3 Å². The molecule has 6 heteroatoms. The molecule has 1 unspecified atom stereocenters. The Morgan fingerprint density at radius 2 is 0.955 bits per heavy atom. The molecule has 1 atom stereocenters. The number of benzene rings is 9. The summed E-state index contributed by atoms with van der Waals surface area (Å²) >= 11 is 0. The SMILES string of the molecule is c1ccc(-c2cccc(-n3c4ccccc4c4cc5c6c(c7cccc8c7n6C6=C7B8c8cccc9c%10ccccc%10n(c89)C7CC7=C6B5c5cccc6c8ccccc8n7c56)c43)c2)cc1. The maximum atomic E-state index is 2.80. The van der Waals surface area contributed by atoms with Gasteiger partial charge in [-0.15, -0.1) is 0 Å². The summed E-state index contributed by atoms with van der Waals surface area (Å²) in [5.41, 5.74) is 26.0. The highest BCUT2D eigenvalue weighted by atomic mass is 15.1. The van der Waals surface area contributed by atoms with Crippen LogP contribution in [0.5, 0.6) is 0 Å². The van der Waals surface area contributed by atoms with Crippen LogP contribution in [0.1, 0.15) is 12.5 Å². The van der Waals surface area contributed by atoms with Crippen molar-refractivity contribution in [3.05, 3.63) is 199 Å². The van der Waals surface area contributed by atoms with E-state index in [0.717, 1.165) is 6.42 Å². The molecule has 66 heavy (non-hydrogen) atoms. The van der Waals surface area contributed by atoms with Crippen molar-refractivity contribution in [2.75, 3.05) is 0 Å². The van der Waals surface area contributed by atoms with E-state index < -0.39 is 0 Å². The zero-order chi connectivity index (χ0) is 42.3. The second-order valence-electron chi connectivity index (χ2n) is 19.4. The molecule has 18 rings (SSSR count). The highest BCUT2D eigenvalue weighted by Crippen LogP contribution is 2.56. The van der Waals surface area contributed by atoms with Crippen molar-refractivity contribution in [2.45, 2.75) is 12.5 Å². The first-order chi connectivity index (χ1) is 32.8. The fourth-order valence-electron chi connectivity index (χ4n) is 14.5. The first-order valence-electron chi connectivity index (χ1n) is 23.5. The first-order valence-corrected chi connectivity index (χ1v) is 23.5. The Balaban J connectivity index is 1.08. The normalized spacial score (nSPS) is 16.4. The lowest BCUT2D eigenvalue weighted by Gasteiger charge is -2.47. The summed E-state index contributed by atoms with van der Waals surface area (Å²) in [5, 5.41) is 10.7. The lowest BCUT2D eigenvalue weighted by atomic mass is 9.27. The molecule has 0 saturated carbocycles. The van der Waals surface area contributed by atoms with E-state index in [1.807, 2.05) is 0 Å². The molecule has 5 aliphatic rings. The van der Waals surface area contributed by atoms with Crippen LogP contribution in [0.2, 0.25) is 0 Å². The number of aromatic nitrogens is 4. The minimum atomic E-state index is 0.0667. The van der Waals surface area contributed by atoms with Crippen LogP contribution in [0.3, 0.4) is 0 Å². The average molecular weight is 833 g/mol. The molecule has 0 N–H and O–H groups in total. The number of hydrogen-bond acceptors (Lipinski definition) is 0. The van der Waals surface area contributed by atoms with Gasteiger partial charge in [0.1, 0.15) is 0 Å². The molecular formula is C60H34B2N4. The van der Waals surface area contributed by atoms with Gasteiger partial charge in [0.05, 0.1) is 28.1 Å². The van der Waals surface area contributed by atoms with E-state index in [-0.39, 0.29) is 19.5 Å². The van der Waals surface area contributed by atoms with Gasteiger partial charge in [-0.3, -0.25) is 0 Å². The molecule has 0 bridgehead atoms. The van der Waals surface area contributed by atoms with E-state index in [2.05, 4.69) is 206 Å². The topological polar surface area (TPSA) is 19.7 Å². The molecule has 0 spiro atoms. The van der Waals surface area contributed by atoms with Gasteiger partial charge in [0, 0.05) is 88.7 Å². The molecule has 0 amide bonds. The third-order valence-electron chi connectivity index (χ3n) is 16.7. The summed E-state index contributed by atoms with van der Waals surface area (Å²) in [5.74, 6) is 0. The fourth-order valence-corrected chi connectivity index (χ4v) is 14.5. The van der Waals surface area contributed by atoms with Gasteiger partial charge in [-0.25, -0.2) is 0 Å². The zero-order valence-electron chi connectivity index (χ0n) is 35.6. The Morgan fingerprint density at radius 1 is 0.379 bits per heavy atom. The van der Waals surface area contributed by atoms with E-state index in [1.54, 1.807) is 5.47 Å². The van der Waals surface area contributed by atoms with Crippen molar-refractivity contribution in [1.29, 1.82) is 0 Å². The number of fused-ring (bicyclic) bond motifs is 17. The van der Waals surface area contributed by atoms with E-state index in [9.17, 15) is 0 Å². The average Bonchev–Trinajstić information content (AvgIpc) is 4.11. The summed E-state index contributed by atoms with van der Waals surface area (Å²) in [6.45, 7) is 0.196. The van der Waals surface area contributed by atoms with Crippen LogP contribution >= 0.6 is 0 Å². The Hall–Kier alpha value is -8.21. The standard InChI is InChI=1S/C60H34B2N4/c1-2-14-33(15-3-1)34-16-10-17-35(30-34)63-47-27-7-6-20-38(47)42-31-46-59-52(58(42)63)41-23-13-26-45-57(41)66(59)60-53-50(64-48-28-8-4-18-36(48)39-21-11-24-43(55(39)64)61(45)53)32-51-54(60)62(46)44-25-12-22-40-37-19-5-9-29-49(37)65(51)56(40)44/h1-31,50H,32H2. The predicted octanol–water partition coefficient (Wildman–Crippen LogP) is 11.5. The predicted molar refractivity (Wildman–Crippen MR) is 278 cm³/mol. The van der Waals surface area contributed by atoms with Crippen LogP contribution < -0.4 is 21.9 Å². The Labute approximate surface area is 378 Å². The highest BCUT2D eigenvalue weighted by Gasteiger charge is 2.53. The van der Waals surface area contributed by atoms with E-state index in [4.69, 9.17) is 0 Å². The first kappa shape index (κ1) is 33.3. The zero-order valence-corrected chi connectivity index (χ0v) is 35.6. The van der Waals surface area contributed by atoms with Crippen LogP contribution in [0.15, 0.2) is 199 Å². The van der Waals surface area contributed by atoms with Gasteiger partial charge in [0.2, 0.25) is 6.71 Å². The smallest absolute Gasteiger partial charge is 0.251 e. The third-order valence-corrected chi connectivity index (χ3v) is 16.7. The van der Waals surface area contributed by atoms with Gasteiger partial charge in [0.15, 0.2) is 0 Å². The third kappa shape index (κ3) is 3.56. The monoisotopic (exact) mass is 832 g/mol. The van der Waals surface area contributed by atoms with E-state index >= 15 is 0 Å². The number of para-hydroxylation sites is 6. The molecule has 0 saturated heterocycles. The summed E-state index contributed by atoms with van der Waals surface area (Å²) in [6.07, 6.45) is 0.926. The van der Waals surface area contributed by atoms with Crippen molar-refractivity contribution < 1.29 is 0 Å². The maximum Gasteiger partial charge on any atom is 0.251 e. The molecule has 300 valence electrons. The lowest BCUT2D eigenvalue weighted by molar-refractivity contribution is 0.626. The summed E-state index contributed by atoms with van der Waals surface area (Å²) in [4.78, 5) is 0. The Bertz CT molecular complexity index is 4570. The van der Waals surface area contributed by atoms with Crippen molar-refractivity contribution in [1.82, 2.24) is 18.3 Å². The van der Waals surface area contributed by atoms with Crippen molar-refractivity contribution in [3.63, 3.8) is 0 Å². The molecule has 4 nitrogen and oxygen atoms in total. The molecule has 0 radical (unpaired) electrons. The number of hydrogen-bond donors (Lipinski definition) is 0. The minimum Gasteiger partial charge on any atom is -0.334 e. The second-order valence-corrected chi connectivity index (χ2v) is 19.4. The lowest BCUT2D eigenvalue weighted by Crippen LogP contribution is -2.58. The summed E-state index contributed by atoms with van der Waals surface area (Å²) in [6, 6.07) is 71.9.